The maximum Gasteiger partial charge on any atom is 0.244 e. The second-order valence-electron chi connectivity index (χ2n) is 5.65. The minimum Gasteiger partial charge on any atom is -0.342 e. The molecule has 0 heterocycles. The lowest BCUT2D eigenvalue weighted by atomic mass is 9.98. The minimum absolute atomic E-state index is 0.146. The highest BCUT2D eigenvalue weighted by Gasteiger charge is 2.15. The Morgan fingerprint density at radius 3 is 1.84 bits per heavy atom. The van der Waals surface area contributed by atoms with Crippen molar-refractivity contribution in [2.24, 2.45) is 0 Å². The summed E-state index contributed by atoms with van der Waals surface area (Å²) in [4.78, 5) is 12.4. The van der Waals surface area contributed by atoms with Crippen molar-refractivity contribution in [1.82, 2.24) is 5.32 Å². The van der Waals surface area contributed by atoms with Gasteiger partial charge in [-0.3, -0.25) is 4.79 Å². The van der Waals surface area contributed by atoms with Gasteiger partial charge in [-0.1, -0.05) is 84.4 Å². The maximum absolute atomic E-state index is 12.4. The number of nitrogens with one attached hydrogen (secondary N) is 1. The molecule has 0 bridgehead atoms. The van der Waals surface area contributed by atoms with Crippen molar-refractivity contribution < 1.29 is 4.79 Å². The Balaban J connectivity index is 1.78. The smallest absolute Gasteiger partial charge is 0.244 e. The van der Waals surface area contributed by atoms with Gasteiger partial charge in [-0.05, 0) is 34.9 Å². The predicted molar refractivity (Wildman–Crippen MR) is 103 cm³/mol. The van der Waals surface area contributed by atoms with Crippen LogP contribution in [0, 0.1) is 0 Å². The van der Waals surface area contributed by atoms with Gasteiger partial charge in [0.15, 0.2) is 0 Å². The van der Waals surface area contributed by atoms with Gasteiger partial charge in [0.2, 0.25) is 5.91 Å². The molecule has 3 aromatic carbocycles. The molecule has 0 fully saturated rings. The summed E-state index contributed by atoms with van der Waals surface area (Å²) in [6.07, 6.45) is 3.32. The van der Waals surface area contributed by atoms with Crippen LogP contribution in [-0.4, -0.2) is 5.91 Å². The Morgan fingerprint density at radius 1 is 0.800 bits per heavy atom. The second kappa shape index (κ2) is 8.32. The molecule has 0 saturated carbocycles. The van der Waals surface area contributed by atoms with Gasteiger partial charge in [-0.2, -0.15) is 0 Å². The van der Waals surface area contributed by atoms with E-state index >= 15 is 0 Å². The van der Waals surface area contributed by atoms with Crippen molar-refractivity contribution in [3.63, 3.8) is 0 Å². The highest BCUT2D eigenvalue weighted by Crippen LogP contribution is 2.21. The number of hydrogen-bond donors (Lipinski definition) is 1. The molecule has 0 unspecified atom stereocenters. The third-order valence-electron chi connectivity index (χ3n) is 3.85. The predicted octanol–water partition coefficient (Wildman–Crippen LogP) is 5.26. The molecule has 0 aromatic heterocycles. The van der Waals surface area contributed by atoms with Gasteiger partial charge >= 0.3 is 0 Å². The zero-order chi connectivity index (χ0) is 17.5. The number of amides is 1. The zero-order valence-electron chi connectivity index (χ0n) is 13.6. The molecule has 3 heteroatoms. The molecule has 124 valence electrons. The van der Waals surface area contributed by atoms with Crippen LogP contribution in [0.3, 0.4) is 0 Å². The Hall–Kier alpha value is -2.84. The summed E-state index contributed by atoms with van der Waals surface area (Å²) in [6.45, 7) is 0. The Morgan fingerprint density at radius 2 is 1.32 bits per heavy atom. The van der Waals surface area contributed by atoms with Crippen LogP contribution in [0.25, 0.3) is 6.08 Å². The van der Waals surface area contributed by atoms with E-state index in [1.807, 2.05) is 72.8 Å². The number of carbonyl (C=O) groups is 1. The summed E-state index contributed by atoms with van der Waals surface area (Å²) in [5.41, 5.74) is 3.01. The summed E-state index contributed by atoms with van der Waals surface area (Å²) < 4.78 is 0. The standard InChI is InChI=1S/C22H18ClNO/c23-20-14-11-17(12-15-20)13-16-21(25)24-22(18-7-3-1-4-8-18)19-9-5-2-6-10-19/h1-16,22H,(H,24,25). The number of carbonyl (C=O) groups excluding carboxylic acids is 1. The summed E-state index contributed by atoms with van der Waals surface area (Å²) in [5.74, 6) is -0.146. The Kier molecular flexibility index (Phi) is 5.65. The van der Waals surface area contributed by atoms with Gasteiger partial charge < -0.3 is 5.32 Å². The van der Waals surface area contributed by atoms with Crippen molar-refractivity contribution in [3.05, 3.63) is 113 Å². The van der Waals surface area contributed by atoms with Crippen LogP contribution in [0.15, 0.2) is 91.0 Å². The molecular formula is C22H18ClNO. The first-order chi connectivity index (χ1) is 12.2. The zero-order valence-corrected chi connectivity index (χ0v) is 14.4. The first kappa shape index (κ1) is 17.0. The van der Waals surface area contributed by atoms with E-state index in [9.17, 15) is 4.79 Å². The Labute approximate surface area is 152 Å². The van der Waals surface area contributed by atoms with Crippen molar-refractivity contribution in [1.29, 1.82) is 0 Å². The molecule has 0 radical (unpaired) electrons. The van der Waals surface area contributed by atoms with E-state index in [1.54, 1.807) is 24.3 Å². The van der Waals surface area contributed by atoms with Crippen LogP contribution in [-0.2, 0) is 4.79 Å². The summed E-state index contributed by atoms with van der Waals surface area (Å²) in [7, 11) is 0. The monoisotopic (exact) mass is 347 g/mol. The van der Waals surface area contributed by atoms with E-state index in [0.29, 0.717) is 5.02 Å². The van der Waals surface area contributed by atoms with Gasteiger partial charge in [-0.15, -0.1) is 0 Å². The lowest BCUT2D eigenvalue weighted by Gasteiger charge is -2.19. The summed E-state index contributed by atoms with van der Waals surface area (Å²) >= 11 is 5.88. The van der Waals surface area contributed by atoms with Crippen LogP contribution in [0.2, 0.25) is 5.02 Å². The summed E-state index contributed by atoms with van der Waals surface area (Å²) in [6, 6.07) is 27.0. The first-order valence-corrected chi connectivity index (χ1v) is 8.44. The molecule has 0 aliphatic carbocycles. The SMILES string of the molecule is O=C(C=Cc1ccc(Cl)cc1)NC(c1ccccc1)c1ccccc1. The number of hydrogen-bond acceptors (Lipinski definition) is 1. The third kappa shape index (κ3) is 4.82. The fourth-order valence-electron chi connectivity index (χ4n) is 2.59. The fourth-order valence-corrected chi connectivity index (χ4v) is 2.71. The van der Waals surface area contributed by atoms with E-state index in [1.165, 1.54) is 0 Å². The number of rotatable bonds is 5. The average Bonchev–Trinajstić information content (AvgIpc) is 2.67. The van der Waals surface area contributed by atoms with Crippen LogP contribution < -0.4 is 5.32 Å². The highest BCUT2D eigenvalue weighted by molar-refractivity contribution is 6.30. The van der Waals surface area contributed by atoms with E-state index < -0.39 is 0 Å². The number of benzene rings is 3. The van der Waals surface area contributed by atoms with Crippen LogP contribution in [0.1, 0.15) is 22.7 Å². The van der Waals surface area contributed by atoms with Crippen molar-refractivity contribution in [2.45, 2.75) is 6.04 Å². The molecule has 0 aliphatic rings. The van der Waals surface area contributed by atoms with Gasteiger partial charge in [-0.25, -0.2) is 0 Å². The molecule has 3 aromatic rings. The summed E-state index contributed by atoms with van der Waals surface area (Å²) in [5, 5.41) is 3.76. The maximum atomic E-state index is 12.4. The van der Waals surface area contributed by atoms with Gasteiger partial charge in [0, 0.05) is 11.1 Å². The van der Waals surface area contributed by atoms with E-state index in [4.69, 9.17) is 11.6 Å². The second-order valence-corrected chi connectivity index (χ2v) is 6.08. The van der Waals surface area contributed by atoms with Gasteiger partial charge in [0.25, 0.3) is 0 Å². The largest absolute Gasteiger partial charge is 0.342 e. The molecule has 0 aliphatic heterocycles. The van der Waals surface area contributed by atoms with Crippen LogP contribution >= 0.6 is 11.6 Å². The molecule has 2 nitrogen and oxygen atoms in total. The van der Waals surface area contributed by atoms with Crippen molar-refractivity contribution >= 4 is 23.6 Å². The first-order valence-electron chi connectivity index (χ1n) is 8.06. The average molecular weight is 348 g/mol. The topological polar surface area (TPSA) is 29.1 Å². The van der Waals surface area contributed by atoms with E-state index in [2.05, 4.69) is 5.32 Å². The molecule has 0 saturated heterocycles. The quantitative estimate of drug-likeness (QED) is 0.627. The van der Waals surface area contributed by atoms with Gasteiger partial charge in [0.05, 0.1) is 6.04 Å². The van der Waals surface area contributed by atoms with Crippen molar-refractivity contribution in [3.8, 4) is 0 Å². The molecular weight excluding hydrogens is 330 g/mol. The normalized spacial score (nSPS) is 11.0. The Bertz CT molecular complexity index is 803. The fraction of sp³-hybridized carbons (Fsp3) is 0.0455. The highest BCUT2D eigenvalue weighted by atomic mass is 35.5. The lowest BCUT2D eigenvalue weighted by molar-refractivity contribution is -0.116. The van der Waals surface area contributed by atoms with E-state index in [0.717, 1.165) is 16.7 Å². The van der Waals surface area contributed by atoms with Crippen LogP contribution in [0.5, 0.6) is 0 Å². The van der Waals surface area contributed by atoms with Gasteiger partial charge in [0.1, 0.15) is 0 Å². The third-order valence-corrected chi connectivity index (χ3v) is 4.10. The molecule has 0 atom stereocenters. The molecule has 3 rings (SSSR count). The number of halogens is 1. The molecule has 0 spiro atoms. The van der Waals surface area contributed by atoms with E-state index in [-0.39, 0.29) is 11.9 Å². The van der Waals surface area contributed by atoms with Crippen LogP contribution in [0.4, 0.5) is 0 Å². The van der Waals surface area contributed by atoms with Crippen molar-refractivity contribution in [2.75, 3.05) is 0 Å². The lowest BCUT2D eigenvalue weighted by Crippen LogP contribution is -2.27. The molecule has 1 N–H and O–H groups in total. The molecule has 25 heavy (non-hydrogen) atoms. The molecule has 1 amide bonds. The minimum atomic E-state index is -0.190.